The van der Waals surface area contributed by atoms with Gasteiger partial charge in [0, 0.05) is 13.0 Å². The van der Waals surface area contributed by atoms with Gasteiger partial charge in [0.1, 0.15) is 12.2 Å². The lowest BCUT2D eigenvalue weighted by Gasteiger charge is -2.20. The number of unbranched alkanes of at least 4 members (excludes halogenated alkanes) is 14. The van der Waals surface area contributed by atoms with Crippen molar-refractivity contribution in [3.8, 4) is 0 Å². The van der Waals surface area contributed by atoms with Crippen LogP contribution in [0.2, 0.25) is 0 Å². The summed E-state index contributed by atoms with van der Waals surface area (Å²) in [5, 5.41) is 18.4. The second kappa shape index (κ2) is 44.2. The molecule has 3 atom stereocenters. The molecule has 334 valence electrons. The number of allylic oxidation sites excluding steroid dienone is 14. The zero-order valence-electron chi connectivity index (χ0n) is 36.5. The Kier molecular flexibility index (Phi) is 42.4. The molecule has 10 heteroatoms. The molecule has 0 aromatic rings. The summed E-state index contributed by atoms with van der Waals surface area (Å²) in [6.07, 6.45) is 53.9. The van der Waals surface area contributed by atoms with Gasteiger partial charge in [0.05, 0.1) is 26.4 Å². The van der Waals surface area contributed by atoms with Crippen molar-refractivity contribution in [2.75, 3.05) is 33.0 Å². The van der Waals surface area contributed by atoms with Crippen molar-refractivity contribution in [2.45, 2.75) is 180 Å². The van der Waals surface area contributed by atoms with Crippen LogP contribution in [0.3, 0.4) is 0 Å². The molecule has 0 aromatic heterocycles. The first-order valence-corrected chi connectivity index (χ1v) is 24.1. The molecular formula is C48H83O9P. The molecule has 0 radical (unpaired) electrons. The van der Waals surface area contributed by atoms with Gasteiger partial charge in [-0.1, -0.05) is 157 Å². The molecule has 3 unspecified atom stereocenters. The van der Waals surface area contributed by atoms with E-state index in [1.54, 1.807) is 0 Å². The number of hydrogen-bond donors (Lipinski definition) is 3. The number of aliphatic hydroxyl groups excluding tert-OH is 2. The maximum atomic E-state index is 12.6. The van der Waals surface area contributed by atoms with Crippen LogP contribution < -0.4 is 0 Å². The fraction of sp³-hybridized carbons (Fsp3) is 0.688. The Balaban J connectivity index is 4.24. The first kappa shape index (κ1) is 55.6. The molecule has 0 aliphatic carbocycles. The highest BCUT2D eigenvalue weighted by Gasteiger charge is 2.26. The van der Waals surface area contributed by atoms with Gasteiger partial charge < -0.3 is 24.6 Å². The van der Waals surface area contributed by atoms with E-state index in [2.05, 4.69) is 98.9 Å². The van der Waals surface area contributed by atoms with Crippen molar-refractivity contribution in [1.82, 2.24) is 0 Å². The van der Waals surface area contributed by atoms with Crippen molar-refractivity contribution in [3.05, 3.63) is 85.1 Å². The zero-order chi connectivity index (χ0) is 42.5. The molecule has 0 aliphatic heterocycles. The molecule has 0 bridgehead atoms. The molecule has 0 aliphatic rings. The van der Waals surface area contributed by atoms with Crippen molar-refractivity contribution < 1.29 is 43.0 Å². The highest BCUT2D eigenvalue weighted by atomic mass is 31.2. The standard InChI is InChI=1S/C48H83O9P/c1-3-5-7-9-11-13-15-17-19-21-23-24-26-28-30-32-34-36-38-40-48(51)57-47(45-56-58(52,53)55-43-46(50)42-49)44-54-41-39-37-35-33-31-29-27-25-22-20-18-16-14-12-10-8-6-4-2/h6,8,11-14,17-20,23-25,27,46-47,49-50H,3-5,7,9-10,15-16,21-22,26,28-45H2,1-2H3,(H,52,53)/b8-6-,13-11-,14-12-,19-17-,20-18-,24-23-,27-25-. The second-order valence-corrected chi connectivity index (χ2v) is 16.1. The van der Waals surface area contributed by atoms with Gasteiger partial charge >= 0.3 is 13.8 Å². The van der Waals surface area contributed by atoms with E-state index in [9.17, 15) is 19.4 Å². The van der Waals surface area contributed by atoms with E-state index in [0.717, 1.165) is 116 Å². The van der Waals surface area contributed by atoms with Crippen molar-refractivity contribution in [2.24, 2.45) is 0 Å². The maximum absolute atomic E-state index is 12.6. The van der Waals surface area contributed by atoms with Crippen LogP contribution in [0.25, 0.3) is 0 Å². The first-order chi connectivity index (χ1) is 28.3. The Morgan fingerprint density at radius 3 is 1.48 bits per heavy atom. The van der Waals surface area contributed by atoms with Gasteiger partial charge in [-0.3, -0.25) is 13.8 Å². The first-order valence-electron chi connectivity index (χ1n) is 22.6. The Morgan fingerprint density at radius 1 is 0.552 bits per heavy atom. The van der Waals surface area contributed by atoms with E-state index >= 15 is 0 Å². The van der Waals surface area contributed by atoms with Gasteiger partial charge in [-0.15, -0.1) is 0 Å². The molecular weight excluding hydrogens is 751 g/mol. The molecule has 0 aromatic carbocycles. The van der Waals surface area contributed by atoms with Crippen LogP contribution in [-0.2, 0) is 27.9 Å². The molecule has 0 saturated heterocycles. The summed E-state index contributed by atoms with van der Waals surface area (Å²) in [7, 11) is -4.53. The van der Waals surface area contributed by atoms with E-state index in [1.807, 2.05) is 0 Å². The summed E-state index contributed by atoms with van der Waals surface area (Å²) in [5.41, 5.74) is 0. The largest absolute Gasteiger partial charge is 0.472 e. The summed E-state index contributed by atoms with van der Waals surface area (Å²) in [4.78, 5) is 22.6. The number of carbonyl (C=O) groups excluding carboxylic acids is 1. The predicted molar refractivity (Wildman–Crippen MR) is 242 cm³/mol. The molecule has 0 heterocycles. The van der Waals surface area contributed by atoms with Crippen LogP contribution >= 0.6 is 7.82 Å². The smallest absolute Gasteiger partial charge is 0.457 e. The number of phosphoric acid groups is 1. The zero-order valence-corrected chi connectivity index (χ0v) is 37.4. The Bertz CT molecular complexity index is 1170. The summed E-state index contributed by atoms with van der Waals surface area (Å²) in [5.74, 6) is -0.406. The Morgan fingerprint density at radius 2 is 0.983 bits per heavy atom. The summed E-state index contributed by atoms with van der Waals surface area (Å²) < 4.78 is 33.4. The minimum absolute atomic E-state index is 0.0259. The van der Waals surface area contributed by atoms with Crippen molar-refractivity contribution in [1.29, 1.82) is 0 Å². The predicted octanol–water partition coefficient (Wildman–Crippen LogP) is 12.7. The second-order valence-electron chi connectivity index (χ2n) is 14.7. The average Bonchev–Trinajstić information content (AvgIpc) is 3.21. The van der Waals surface area contributed by atoms with Gasteiger partial charge in [-0.25, -0.2) is 4.57 Å². The molecule has 0 fully saturated rings. The van der Waals surface area contributed by atoms with Gasteiger partial charge in [-0.2, -0.15) is 0 Å². The Hall–Kier alpha value is -2.36. The summed E-state index contributed by atoms with van der Waals surface area (Å²) in [6.45, 7) is 3.30. The molecule has 9 nitrogen and oxygen atoms in total. The van der Waals surface area contributed by atoms with E-state index in [-0.39, 0.29) is 13.0 Å². The third kappa shape index (κ3) is 43.2. The molecule has 0 spiro atoms. The third-order valence-electron chi connectivity index (χ3n) is 9.06. The van der Waals surface area contributed by atoms with Crippen LogP contribution in [0, 0.1) is 0 Å². The van der Waals surface area contributed by atoms with Crippen molar-refractivity contribution in [3.63, 3.8) is 0 Å². The minimum atomic E-state index is -4.53. The lowest BCUT2D eigenvalue weighted by molar-refractivity contribution is -0.154. The molecule has 0 saturated carbocycles. The maximum Gasteiger partial charge on any atom is 0.472 e. The fourth-order valence-corrected chi connectivity index (χ4v) is 6.44. The number of ether oxygens (including phenoxy) is 2. The van der Waals surface area contributed by atoms with Crippen LogP contribution in [0.4, 0.5) is 0 Å². The Labute approximate surface area is 354 Å². The number of phosphoric ester groups is 1. The van der Waals surface area contributed by atoms with E-state index in [4.69, 9.17) is 23.6 Å². The van der Waals surface area contributed by atoms with Crippen molar-refractivity contribution >= 4 is 13.8 Å². The third-order valence-corrected chi connectivity index (χ3v) is 10.0. The SMILES string of the molecule is CC/C=C\C/C=C\C/C=C\C/C=C\CCCCCCCOCC(COP(=O)(O)OCC(O)CO)OC(=O)CCCCCCCC/C=C\C/C=C\C/C=C\CCCCC. The average molecular weight is 835 g/mol. The van der Waals surface area contributed by atoms with E-state index in [1.165, 1.54) is 25.7 Å². The van der Waals surface area contributed by atoms with Crippen LogP contribution in [0.5, 0.6) is 0 Å². The molecule has 3 N–H and O–H groups in total. The van der Waals surface area contributed by atoms with E-state index < -0.39 is 45.8 Å². The van der Waals surface area contributed by atoms with Crippen LogP contribution in [0.15, 0.2) is 85.1 Å². The highest BCUT2D eigenvalue weighted by molar-refractivity contribution is 7.47. The quantitative estimate of drug-likeness (QED) is 0.0238. The van der Waals surface area contributed by atoms with Crippen LogP contribution in [0.1, 0.15) is 168 Å². The summed E-state index contributed by atoms with van der Waals surface area (Å²) >= 11 is 0. The van der Waals surface area contributed by atoms with E-state index in [0.29, 0.717) is 13.0 Å². The number of carbonyl (C=O) groups is 1. The van der Waals surface area contributed by atoms with Gasteiger partial charge in [0.2, 0.25) is 0 Å². The van der Waals surface area contributed by atoms with Gasteiger partial charge in [0.25, 0.3) is 0 Å². The van der Waals surface area contributed by atoms with Crippen LogP contribution in [-0.4, -0.2) is 66.3 Å². The number of aliphatic hydroxyl groups is 2. The molecule has 58 heavy (non-hydrogen) atoms. The normalized spacial score (nSPS) is 14.8. The molecule has 0 rings (SSSR count). The molecule has 0 amide bonds. The van der Waals surface area contributed by atoms with Gasteiger partial charge in [-0.05, 0) is 89.9 Å². The number of esters is 1. The highest BCUT2D eigenvalue weighted by Crippen LogP contribution is 2.43. The lowest BCUT2D eigenvalue weighted by Crippen LogP contribution is -2.29. The number of hydrogen-bond acceptors (Lipinski definition) is 8. The van der Waals surface area contributed by atoms with Gasteiger partial charge in [0.15, 0.2) is 0 Å². The lowest BCUT2D eigenvalue weighted by atomic mass is 10.1. The monoisotopic (exact) mass is 835 g/mol. The minimum Gasteiger partial charge on any atom is -0.457 e. The topological polar surface area (TPSA) is 132 Å². The number of rotatable bonds is 42. The fourth-order valence-electron chi connectivity index (χ4n) is 5.65. The summed E-state index contributed by atoms with van der Waals surface area (Å²) in [6, 6.07) is 0.